The number of hydrogen-bond donors (Lipinski definition) is 0. The lowest BCUT2D eigenvalue weighted by molar-refractivity contribution is -0.228. The molecule has 0 radical (unpaired) electrons. The van der Waals surface area contributed by atoms with Gasteiger partial charge in [-0.1, -0.05) is 36.4 Å². The second kappa shape index (κ2) is 8.06. The predicted molar refractivity (Wildman–Crippen MR) is 119 cm³/mol. The molecule has 0 saturated carbocycles. The van der Waals surface area contributed by atoms with Crippen LogP contribution in [0.25, 0.3) is 0 Å². The molecule has 0 N–H and O–H groups in total. The summed E-state index contributed by atoms with van der Waals surface area (Å²) in [5, 5.41) is 0.760. The van der Waals surface area contributed by atoms with Crippen molar-refractivity contribution in [1.82, 2.24) is 0 Å². The molecule has 0 bridgehead atoms. The van der Waals surface area contributed by atoms with Gasteiger partial charge in [0.2, 0.25) is 0 Å². The Labute approximate surface area is 177 Å². The highest BCUT2D eigenvalue weighted by atomic mass is 32.2. The molecule has 0 unspecified atom stereocenters. The molecule has 2 saturated heterocycles. The minimum atomic E-state index is -0.172. The maximum Gasteiger partial charge on any atom is 0.0857 e. The van der Waals surface area contributed by atoms with Crippen molar-refractivity contribution < 1.29 is 9.47 Å². The van der Waals surface area contributed by atoms with Crippen molar-refractivity contribution in [2.24, 2.45) is 0 Å². The molecule has 2 aromatic carbocycles. The smallest absolute Gasteiger partial charge is 0.0857 e. The molecule has 0 amide bonds. The zero-order valence-corrected chi connectivity index (χ0v) is 18.8. The van der Waals surface area contributed by atoms with Crippen LogP contribution in [0.4, 0.5) is 0 Å². The summed E-state index contributed by atoms with van der Waals surface area (Å²) in [4.78, 5) is 2.60. The monoisotopic (exact) mass is 414 g/mol. The van der Waals surface area contributed by atoms with E-state index in [-0.39, 0.29) is 23.4 Å². The first-order valence-corrected chi connectivity index (χ1v) is 11.9. The van der Waals surface area contributed by atoms with Gasteiger partial charge >= 0.3 is 0 Å². The highest BCUT2D eigenvalue weighted by Gasteiger charge is 2.51. The molecule has 0 aliphatic carbocycles. The Bertz CT molecular complexity index is 708. The fourth-order valence-electron chi connectivity index (χ4n) is 4.18. The van der Waals surface area contributed by atoms with Gasteiger partial charge in [0.05, 0.1) is 23.4 Å². The van der Waals surface area contributed by atoms with Crippen molar-refractivity contribution in [3.63, 3.8) is 0 Å². The van der Waals surface area contributed by atoms with Crippen LogP contribution in [-0.2, 0) is 9.47 Å². The quantitative estimate of drug-likeness (QED) is 0.572. The third-order valence-electron chi connectivity index (χ3n) is 5.81. The lowest BCUT2D eigenvalue weighted by Gasteiger charge is -2.53. The first-order chi connectivity index (χ1) is 13.3. The van der Waals surface area contributed by atoms with Crippen LogP contribution in [0.5, 0.6) is 0 Å². The summed E-state index contributed by atoms with van der Waals surface area (Å²) in [5.74, 6) is 0. The average molecular weight is 415 g/mol. The summed E-state index contributed by atoms with van der Waals surface area (Å²) in [6, 6.07) is 21.3. The largest absolute Gasteiger partial charge is 0.368 e. The average Bonchev–Trinajstić information content (AvgIpc) is 2.65. The number of benzene rings is 2. The van der Waals surface area contributed by atoms with Crippen molar-refractivity contribution in [2.45, 2.75) is 84.2 Å². The molecule has 4 heteroatoms. The molecule has 4 rings (SSSR count). The summed E-state index contributed by atoms with van der Waals surface area (Å²) < 4.78 is 13.3. The molecule has 28 heavy (non-hydrogen) atoms. The first kappa shape index (κ1) is 20.3. The molecule has 0 spiro atoms. The van der Waals surface area contributed by atoms with Crippen LogP contribution in [0.15, 0.2) is 70.5 Å². The molecule has 4 atom stereocenters. The predicted octanol–water partition coefficient (Wildman–Crippen LogP) is 6.44. The minimum absolute atomic E-state index is 0.164. The lowest BCUT2D eigenvalue weighted by Crippen LogP contribution is -2.60. The van der Waals surface area contributed by atoms with Crippen LogP contribution in [0.1, 0.15) is 40.5 Å². The van der Waals surface area contributed by atoms with E-state index in [1.807, 2.05) is 23.5 Å². The van der Waals surface area contributed by atoms with Gasteiger partial charge < -0.3 is 9.47 Å². The third kappa shape index (κ3) is 4.46. The van der Waals surface area contributed by atoms with Crippen LogP contribution in [0, 0.1) is 0 Å². The molecule has 2 fully saturated rings. The normalized spacial score (nSPS) is 31.1. The summed E-state index contributed by atoms with van der Waals surface area (Å²) in [6.07, 6.45) is 2.39. The Balaban J connectivity index is 1.48. The summed E-state index contributed by atoms with van der Waals surface area (Å²) in [6.45, 7) is 8.96. The van der Waals surface area contributed by atoms with Gasteiger partial charge in [0, 0.05) is 20.3 Å². The number of thioether (sulfide) groups is 2. The van der Waals surface area contributed by atoms with Gasteiger partial charge in [-0.15, -0.1) is 23.5 Å². The lowest BCUT2D eigenvalue weighted by atomic mass is 9.85. The molecule has 2 aromatic rings. The van der Waals surface area contributed by atoms with E-state index in [2.05, 4.69) is 88.4 Å². The summed E-state index contributed by atoms with van der Waals surface area (Å²) in [5.41, 5.74) is -0.344. The standard InChI is InChI=1S/C24H30O2S2/c1-23(2)21(27-17-11-7-5-8-12-17)15-20-19(25-23)16-22(24(3,4)26-20)28-18-13-9-6-10-14-18/h5-14,19-22H,15-16H2,1-4H3/t19-,20-,21-,22-/m1/s1. The highest BCUT2D eigenvalue weighted by molar-refractivity contribution is 8.00. The SMILES string of the molecule is CC1(C)O[C@@H]2C[C@@H](Sc3ccccc3)C(C)(C)O[C@@H]2C[C@H]1Sc1ccccc1. The Kier molecular flexibility index (Phi) is 5.85. The second-order valence-corrected chi connectivity index (χ2v) is 11.4. The molecule has 2 aliphatic rings. The maximum absolute atomic E-state index is 6.66. The molecule has 2 heterocycles. The van der Waals surface area contributed by atoms with Crippen molar-refractivity contribution >= 4 is 23.5 Å². The zero-order valence-electron chi connectivity index (χ0n) is 17.1. The van der Waals surface area contributed by atoms with Crippen molar-refractivity contribution in [3.8, 4) is 0 Å². The number of rotatable bonds is 4. The van der Waals surface area contributed by atoms with Crippen LogP contribution in [0.2, 0.25) is 0 Å². The van der Waals surface area contributed by atoms with E-state index in [4.69, 9.17) is 9.47 Å². The van der Waals surface area contributed by atoms with Crippen LogP contribution >= 0.6 is 23.5 Å². The van der Waals surface area contributed by atoms with E-state index in [1.54, 1.807) is 0 Å². The van der Waals surface area contributed by atoms with E-state index in [0.717, 1.165) is 12.8 Å². The first-order valence-electron chi connectivity index (χ1n) is 10.1. The van der Waals surface area contributed by atoms with Gasteiger partial charge in [0.25, 0.3) is 0 Å². The van der Waals surface area contributed by atoms with E-state index >= 15 is 0 Å². The van der Waals surface area contributed by atoms with Gasteiger partial charge in [-0.25, -0.2) is 0 Å². The van der Waals surface area contributed by atoms with Crippen molar-refractivity contribution in [2.75, 3.05) is 0 Å². The Morgan fingerprint density at radius 2 is 1.00 bits per heavy atom. The van der Waals surface area contributed by atoms with Gasteiger partial charge in [-0.05, 0) is 64.8 Å². The van der Waals surface area contributed by atoms with E-state index < -0.39 is 0 Å². The zero-order chi connectivity index (χ0) is 19.8. The summed E-state index contributed by atoms with van der Waals surface area (Å²) >= 11 is 3.84. The third-order valence-corrected chi connectivity index (χ3v) is 8.99. The van der Waals surface area contributed by atoms with E-state index in [0.29, 0.717) is 10.5 Å². The molecule has 150 valence electrons. The van der Waals surface area contributed by atoms with Gasteiger partial charge in [-0.3, -0.25) is 0 Å². The molecule has 2 nitrogen and oxygen atoms in total. The highest BCUT2D eigenvalue weighted by Crippen LogP contribution is 2.48. The molecular weight excluding hydrogens is 384 g/mol. The maximum atomic E-state index is 6.66. The summed E-state index contributed by atoms with van der Waals surface area (Å²) in [7, 11) is 0. The Morgan fingerprint density at radius 1 is 0.643 bits per heavy atom. The Hall–Kier alpha value is -0.940. The fraction of sp³-hybridized carbons (Fsp3) is 0.500. The number of ether oxygens (including phenoxy) is 2. The topological polar surface area (TPSA) is 18.5 Å². The van der Waals surface area contributed by atoms with Crippen molar-refractivity contribution in [3.05, 3.63) is 60.7 Å². The number of fused-ring (bicyclic) bond motifs is 1. The number of hydrogen-bond acceptors (Lipinski definition) is 4. The van der Waals surface area contributed by atoms with E-state index in [1.165, 1.54) is 9.79 Å². The van der Waals surface area contributed by atoms with Crippen LogP contribution in [-0.4, -0.2) is 33.9 Å². The molecular formula is C24H30O2S2. The van der Waals surface area contributed by atoms with Crippen LogP contribution < -0.4 is 0 Å². The second-order valence-electron chi connectivity index (χ2n) is 8.83. The van der Waals surface area contributed by atoms with Crippen LogP contribution in [0.3, 0.4) is 0 Å². The van der Waals surface area contributed by atoms with Crippen molar-refractivity contribution in [1.29, 1.82) is 0 Å². The Morgan fingerprint density at radius 3 is 1.36 bits per heavy atom. The van der Waals surface area contributed by atoms with Gasteiger partial charge in [0.15, 0.2) is 0 Å². The van der Waals surface area contributed by atoms with Gasteiger partial charge in [0.1, 0.15) is 0 Å². The fourth-order valence-corrected chi connectivity index (χ4v) is 6.72. The van der Waals surface area contributed by atoms with E-state index in [9.17, 15) is 0 Å². The molecule has 2 aliphatic heterocycles. The van der Waals surface area contributed by atoms with Gasteiger partial charge in [-0.2, -0.15) is 0 Å². The minimum Gasteiger partial charge on any atom is -0.368 e. The molecule has 0 aromatic heterocycles.